The molecule has 0 amide bonds. The molecule has 0 saturated heterocycles. The van der Waals surface area contributed by atoms with Crippen molar-refractivity contribution >= 4 is 22.7 Å². The van der Waals surface area contributed by atoms with E-state index in [-0.39, 0.29) is 10.4 Å². The lowest BCUT2D eigenvalue weighted by molar-refractivity contribution is 0.108. The van der Waals surface area contributed by atoms with Crippen molar-refractivity contribution in [3.63, 3.8) is 0 Å². The third-order valence-electron chi connectivity index (χ3n) is 1.55. The van der Waals surface area contributed by atoms with E-state index in [0.717, 1.165) is 0 Å². The van der Waals surface area contributed by atoms with Gasteiger partial charge in [-0.1, -0.05) is 25.6 Å². The van der Waals surface area contributed by atoms with Gasteiger partial charge in [0.1, 0.15) is 5.82 Å². The number of anilines is 1. The molecule has 72 valence electrons. The van der Waals surface area contributed by atoms with Crippen molar-refractivity contribution in [2.75, 3.05) is 5.73 Å². The molecule has 4 nitrogen and oxygen atoms in total. The summed E-state index contributed by atoms with van der Waals surface area (Å²) >= 11 is 1.26. The first-order valence-electron chi connectivity index (χ1n) is 4.01. The number of nitrogens with two attached hydrogens (primary N) is 1. The van der Waals surface area contributed by atoms with E-state index < -0.39 is 0 Å². The number of rotatable bonds is 2. The Morgan fingerprint density at radius 1 is 1.69 bits per heavy atom. The fourth-order valence-corrected chi connectivity index (χ4v) is 1.59. The Morgan fingerprint density at radius 2 is 2.31 bits per heavy atom. The highest BCUT2D eigenvalue weighted by molar-refractivity contribution is 8.14. The van der Waals surface area contributed by atoms with Crippen molar-refractivity contribution in [3.05, 3.63) is 11.8 Å². The Bertz CT molecular complexity index is 319. The van der Waals surface area contributed by atoms with Crippen LogP contribution in [0.4, 0.5) is 5.82 Å². The Morgan fingerprint density at radius 3 is 2.69 bits per heavy atom. The number of carbonyl (C=O) groups is 1. The molecule has 0 fully saturated rings. The van der Waals surface area contributed by atoms with Gasteiger partial charge in [0.05, 0.1) is 11.8 Å². The molecule has 1 heterocycles. The summed E-state index contributed by atoms with van der Waals surface area (Å²) in [5.74, 6) is 0.429. The summed E-state index contributed by atoms with van der Waals surface area (Å²) < 4.78 is 1.49. The Kier molecular flexibility index (Phi) is 2.98. The Hall–Kier alpha value is -0.970. The smallest absolute Gasteiger partial charge is 0.224 e. The zero-order chi connectivity index (χ0) is 10.0. The number of nitrogens with zero attached hydrogens (tertiary/aromatic N) is 2. The van der Waals surface area contributed by atoms with Crippen LogP contribution in [0.25, 0.3) is 0 Å². The second-order valence-electron chi connectivity index (χ2n) is 3.02. The number of aromatic nitrogens is 2. The summed E-state index contributed by atoms with van der Waals surface area (Å²) in [6, 6.07) is 0. The van der Waals surface area contributed by atoms with Crippen molar-refractivity contribution in [3.8, 4) is 0 Å². The highest BCUT2D eigenvalue weighted by Crippen LogP contribution is 2.20. The Balaban J connectivity index is 2.83. The molecule has 0 aliphatic carbocycles. The van der Waals surface area contributed by atoms with Gasteiger partial charge in [0.15, 0.2) is 0 Å². The summed E-state index contributed by atoms with van der Waals surface area (Å²) in [7, 11) is 1.71. The molecule has 1 aromatic heterocycles. The summed E-state index contributed by atoms with van der Waals surface area (Å²) in [6.45, 7) is 3.93. The van der Waals surface area contributed by atoms with Crippen molar-refractivity contribution in [2.24, 2.45) is 7.05 Å². The number of hydrogen-bond donors (Lipinski definition) is 1. The first-order valence-corrected chi connectivity index (χ1v) is 4.88. The lowest BCUT2D eigenvalue weighted by Crippen LogP contribution is -2.04. The molecule has 0 saturated carbocycles. The number of nitrogen functional groups attached to an aromatic ring is 1. The van der Waals surface area contributed by atoms with E-state index in [2.05, 4.69) is 5.10 Å². The lowest BCUT2D eigenvalue weighted by atomic mass is 10.4. The van der Waals surface area contributed by atoms with Crippen LogP contribution >= 0.6 is 11.8 Å². The van der Waals surface area contributed by atoms with Crippen LogP contribution in [-0.4, -0.2) is 20.1 Å². The molecule has 0 spiro atoms. The average Bonchev–Trinajstić information content (AvgIpc) is 2.31. The van der Waals surface area contributed by atoms with Crippen LogP contribution in [0.5, 0.6) is 0 Å². The minimum Gasteiger partial charge on any atom is -0.383 e. The molecule has 0 aromatic carbocycles. The van der Waals surface area contributed by atoms with Crippen LogP contribution in [0.3, 0.4) is 0 Å². The molecule has 13 heavy (non-hydrogen) atoms. The molecule has 1 aromatic rings. The summed E-state index contributed by atoms with van der Waals surface area (Å²) in [5, 5.41) is 4.16. The van der Waals surface area contributed by atoms with Gasteiger partial charge in [0.2, 0.25) is 5.12 Å². The van der Waals surface area contributed by atoms with E-state index in [4.69, 9.17) is 5.73 Å². The van der Waals surface area contributed by atoms with Crippen LogP contribution in [0.2, 0.25) is 0 Å². The zero-order valence-corrected chi connectivity index (χ0v) is 8.76. The van der Waals surface area contributed by atoms with Crippen LogP contribution < -0.4 is 5.73 Å². The van der Waals surface area contributed by atoms with Gasteiger partial charge in [-0.3, -0.25) is 9.48 Å². The predicted octanol–water partition coefficient (Wildman–Crippen LogP) is 1.28. The molecule has 0 atom stereocenters. The second kappa shape index (κ2) is 3.83. The van der Waals surface area contributed by atoms with Gasteiger partial charge in [0, 0.05) is 12.3 Å². The third kappa shape index (κ3) is 2.24. The largest absolute Gasteiger partial charge is 0.383 e. The molecule has 0 aliphatic heterocycles. The average molecular weight is 199 g/mol. The van der Waals surface area contributed by atoms with Crippen LogP contribution in [0.1, 0.15) is 24.2 Å². The first kappa shape index (κ1) is 10.1. The van der Waals surface area contributed by atoms with E-state index in [0.29, 0.717) is 11.4 Å². The van der Waals surface area contributed by atoms with E-state index >= 15 is 0 Å². The Labute approximate surface area is 81.5 Å². The molecular weight excluding hydrogens is 186 g/mol. The lowest BCUT2D eigenvalue weighted by Gasteiger charge is -2.02. The minimum absolute atomic E-state index is 0.0133. The third-order valence-corrected chi connectivity index (χ3v) is 2.45. The van der Waals surface area contributed by atoms with Gasteiger partial charge >= 0.3 is 0 Å². The van der Waals surface area contributed by atoms with Gasteiger partial charge in [-0.2, -0.15) is 5.10 Å². The summed E-state index contributed by atoms with van der Waals surface area (Å²) in [6.07, 6.45) is 1.51. The summed E-state index contributed by atoms with van der Waals surface area (Å²) in [5.41, 5.74) is 6.15. The standard InChI is InChI=1S/C8H13N3OS/c1-5(2)13-8(12)6-4-10-11(3)7(6)9/h4-5H,9H2,1-3H3. The monoisotopic (exact) mass is 199 g/mol. The fraction of sp³-hybridized carbons (Fsp3) is 0.500. The van der Waals surface area contributed by atoms with Crippen molar-refractivity contribution in [1.29, 1.82) is 0 Å². The topological polar surface area (TPSA) is 60.9 Å². The van der Waals surface area contributed by atoms with Gasteiger partial charge in [-0.15, -0.1) is 0 Å². The maximum Gasteiger partial charge on any atom is 0.224 e. The van der Waals surface area contributed by atoms with Gasteiger partial charge < -0.3 is 5.73 Å². The van der Waals surface area contributed by atoms with Gasteiger partial charge in [-0.05, 0) is 0 Å². The normalized spacial score (nSPS) is 10.8. The molecular formula is C8H13N3OS. The fourth-order valence-electron chi connectivity index (χ4n) is 0.882. The molecule has 0 bridgehead atoms. The van der Waals surface area contributed by atoms with Gasteiger partial charge in [-0.25, -0.2) is 0 Å². The minimum atomic E-state index is -0.0133. The zero-order valence-electron chi connectivity index (χ0n) is 7.94. The van der Waals surface area contributed by atoms with Crippen molar-refractivity contribution in [2.45, 2.75) is 19.1 Å². The SMILES string of the molecule is CC(C)SC(=O)c1cnn(C)c1N. The quantitative estimate of drug-likeness (QED) is 0.779. The maximum atomic E-state index is 11.5. The molecule has 5 heteroatoms. The first-order chi connectivity index (χ1) is 6.02. The molecule has 0 radical (unpaired) electrons. The van der Waals surface area contributed by atoms with E-state index in [1.165, 1.54) is 22.6 Å². The van der Waals surface area contributed by atoms with Crippen LogP contribution in [0.15, 0.2) is 6.20 Å². The van der Waals surface area contributed by atoms with E-state index in [1.807, 2.05) is 13.8 Å². The number of hydrogen-bond acceptors (Lipinski definition) is 4. The second-order valence-corrected chi connectivity index (χ2v) is 4.57. The molecule has 0 aliphatic rings. The van der Waals surface area contributed by atoms with E-state index in [9.17, 15) is 4.79 Å². The maximum absolute atomic E-state index is 11.5. The molecule has 1 rings (SSSR count). The van der Waals surface area contributed by atoms with Crippen LogP contribution in [-0.2, 0) is 7.05 Å². The number of thioether (sulfide) groups is 1. The molecule has 0 unspecified atom stereocenters. The van der Waals surface area contributed by atoms with E-state index in [1.54, 1.807) is 7.05 Å². The highest BCUT2D eigenvalue weighted by atomic mass is 32.2. The number of aryl methyl sites for hydroxylation is 1. The molecule has 2 N–H and O–H groups in total. The van der Waals surface area contributed by atoms with Crippen molar-refractivity contribution in [1.82, 2.24) is 9.78 Å². The van der Waals surface area contributed by atoms with Crippen LogP contribution in [0, 0.1) is 0 Å². The predicted molar refractivity (Wildman–Crippen MR) is 54.7 cm³/mol. The van der Waals surface area contributed by atoms with Gasteiger partial charge in [0.25, 0.3) is 0 Å². The number of carbonyl (C=O) groups excluding carboxylic acids is 1. The summed E-state index contributed by atoms with van der Waals surface area (Å²) in [4.78, 5) is 11.5. The van der Waals surface area contributed by atoms with Crippen molar-refractivity contribution < 1.29 is 4.79 Å². The highest BCUT2D eigenvalue weighted by Gasteiger charge is 2.15.